The van der Waals surface area contributed by atoms with Gasteiger partial charge in [-0.2, -0.15) is 4.98 Å². The number of carbonyl (C=O) groups excluding carboxylic acids is 1. The van der Waals surface area contributed by atoms with Crippen molar-refractivity contribution >= 4 is 5.91 Å². The first-order valence-electron chi connectivity index (χ1n) is 8.00. The van der Waals surface area contributed by atoms with Crippen molar-refractivity contribution in [1.29, 1.82) is 0 Å². The Morgan fingerprint density at radius 1 is 1.30 bits per heavy atom. The maximum Gasteiger partial charge on any atom is 0.346 e. The lowest BCUT2D eigenvalue weighted by Gasteiger charge is -2.30. The Balaban J connectivity index is 1.92. The quantitative estimate of drug-likeness (QED) is 0.927. The van der Waals surface area contributed by atoms with Crippen molar-refractivity contribution in [3.05, 3.63) is 52.1 Å². The minimum absolute atomic E-state index is 0.121. The van der Waals surface area contributed by atoms with Gasteiger partial charge in [0, 0.05) is 18.7 Å². The van der Waals surface area contributed by atoms with Crippen LogP contribution in [0.15, 0.2) is 35.1 Å². The van der Waals surface area contributed by atoms with E-state index >= 15 is 0 Å². The van der Waals surface area contributed by atoms with E-state index in [1.165, 1.54) is 0 Å². The molecule has 0 spiro atoms. The molecule has 5 heteroatoms. The smallest absolute Gasteiger partial charge is 0.337 e. The summed E-state index contributed by atoms with van der Waals surface area (Å²) in [5, 5.41) is 0. The number of likely N-dealkylation sites (tertiary alicyclic amines) is 1. The number of amides is 1. The highest BCUT2D eigenvalue weighted by atomic mass is 16.2. The zero-order valence-corrected chi connectivity index (χ0v) is 13.5. The molecule has 23 heavy (non-hydrogen) atoms. The van der Waals surface area contributed by atoms with Gasteiger partial charge < -0.3 is 9.88 Å². The maximum absolute atomic E-state index is 12.7. The third-order valence-electron chi connectivity index (χ3n) is 4.27. The number of aromatic amines is 1. The molecule has 0 aliphatic carbocycles. The lowest BCUT2D eigenvalue weighted by Crippen LogP contribution is -2.40. The summed E-state index contributed by atoms with van der Waals surface area (Å²) in [5.41, 5.74) is 2.33. The number of aryl methyl sites for hydroxylation is 1. The van der Waals surface area contributed by atoms with Gasteiger partial charge in [0.2, 0.25) is 0 Å². The number of benzene rings is 1. The van der Waals surface area contributed by atoms with Gasteiger partial charge in [-0.25, -0.2) is 4.79 Å². The minimum Gasteiger partial charge on any atom is -0.337 e. The summed E-state index contributed by atoms with van der Waals surface area (Å²) >= 11 is 0. The number of rotatable bonds is 2. The Morgan fingerprint density at radius 2 is 2.04 bits per heavy atom. The number of hydrogen-bond acceptors (Lipinski definition) is 3. The normalized spacial score (nSPS) is 18.0. The standard InChI is InChI=1S/C18H21N3O2/c1-12-5-7-14(8-6-12)15-10-16(20-18(23)19-15)17(22)21-9-3-4-13(2)11-21/h5-8,10,13H,3-4,9,11H2,1-2H3,(H,19,20,23). The van der Waals surface area contributed by atoms with Crippen molar-refractivity contribution in [2.45, 2.75) is 26.7 Å². The molecular weight excluding hydrogens is 290 g/mol. The van der Waals surface area contributed by atoms with Crippen LogP contribution in [0.5, 0.6) is 0 Å². The lowest BCUT2D eigenvalue weighted by molar-refractivity contribution is 0.0676. The minimum atomic E-state index is -0.489. The van der Waals surface area contributed by atoms with Crippen molar-refractivity contribution in [2.24, 2.45) is 5.92 Å². The predicted octanol–water partition coefficient (Wildman–Crippen LogP) is 2.62. The summed E-state index contributed by atoms with van der Waals surface area (Å²) in [7, 11) is 0. The van der Waals surface area contributed by atoms with Crippen LogP contribution in [0.4, 0.5) is 0 Å². The van der Waals surface area contributed by atoms with Crippen molar-refractivity contribution in [3.8, 4) is 11.3 Å². The van der Waals surface area contributed by atoms with Crippen LogP contribution in [0.2, 0.25) is 0 Å². The molecular formula is C18H21N3O2. The van der Waals surface area contributed by atoms with Crippen LogP contribution in [-0.2, 0) is 0 Å². The molecule has 0 radical (unpaired) electrons. The molecule has 120 valence electrons. The van der Waals surface area contributed by atoms with Gasteiger partial charge in [-0.05, 0) is 31.7 Å². The highest BCUT2D eigenvalue weighted by molar-refractivity contribution is 5.93. The average molecular weight is 311 g/mol. The van der Waals surface area contributed by atoms with E-state index in [9.17, 15) is 9.59 Å². The molecule has 1 atom stereocenters. The van der Waals surface area contributed by atoms with Gasteiger partial charge in [0.25, 0.3) is 5.91 Å². The summed E-state index contributed by atoms with van der Waals surface area (Å²) in [6.45, 7) is 5.63. The highest BCUT2D eigenvalue weighted by Gasteiger charge is 2.23. The molecule has 1 N–H and O–H groups in total. The lowest BCUT2D eigenvalue weighted by atomic mass is 10.00. The van der Waals surface area contributed by atoms with Crippen LogP contribution < -0.4 is 5.69 Å². The van der Waals surface area contributed by atoms with Gasteiger partial charge in [0.15, 0.2) is 0 Å². The molecule has 5 nitrogen and oxygen atoms in total. The summed E-state index contributed by atoms with van der Waals surface area (Å²) in [6.07, 6.45) is 2.15. The zero-order valence-electron chi connectivity index (χ0n) is 13.5. The molecule has 1 aliphatic rings. The van der Waals surface area contributed by atoms with Crippen molar-refractivity contribution in [1.82, 2.24) is 14.9 Å². The first-order valence-corrected chi connectivity index (χ1v) is 8.00. The predicted molar refractivity (Wildman–Crippen MR) is 89.3 cm³/mol. The van der Waals surface area contributed by atoms with Crippen LogP contribution >= 0.6 is 0 Å². The van der Waals surface area contributed by atoms with Gasteiger partial charge >= 0.3 is 5.69 Å². The number of hydrogen-bond donors (Lipinski definition) is 1. The van der Waals surface area contributed by atoms with Crippen LogP contribution in [0.25, 0.3) is 11.3 Å². The van der Waals surface area contributed by atoms with Gasteiger partial charge in [-0.1, -0.05) is 36.8 Å². The van der Waals surface area contributed by atoms with E-state index in [0.29, 0.717) is 17.3 Å². The van der Waals surface area contributed by atoms with E-state index in [0.717, 1.165) is 37.1 Å². The number of carbonyl (C=O) groups is 1. The van der Waals surface area contributed by atoms with E-state index in [1.807, 2.05) is 36.1 Å². The summed E-state index contributed by atoms with van der Waals surface area (Å²) < 4.78 is 0. The number of aromatic nitrogens is 2. The van der Waals surface area contributed by atoms with Crippen molar-refractivity contribution < 1.29 is 4.79 Å². The summed E-state index contributed by atoms with van der Waals surface area (Å²) in [6, 6.07) is 9.42. The van der Waals surface area contributed by atoms with E-state index in [2.05, 4.69) is 16.9 Å². The number of piperidine rings is 1. The molecule has 2 aromatic rings. The van der Waals surface area contributed by atoms with E-state index in [4.69, 9.17) is 0 Å². The van der Waals surface area contributed by atoms with Crippen molar-refractivity contribution in [3.63, 3.8) is 0 Å². The van der Waals surface area contributed by atoms with Crippen molar-refractivity contribution in [2.75, 3.05) is 13.1 Å². The molecule has 1 saturated heterocycles. The van der Waals surface area contributed by atoms with Gasteiger partial charge in [-0.3, -0.25) is 4.79 Å². The van der Waals surface area contributed by atoms with Gasteiger partial charge in [-0.15, -0.1) is 0 Å². The topological polar surface area (TPSA) is 66.1 Å². The third-order valence-corrected chi connectivity index (χ3v) is 4.27. The molecule has 1 unspecified atom stereocenters. The van der Waals surface area contributed by atoms with Crippen LogP contribution in [0.1, 0.15) is 35.8 Å². The molecule has 3 rings (SSSR count). The first-order chi connectivity index (χ1) is 11.0. The molecule has 0 bridgehead atoms. The SMILES string of the molecule is Cc1ccc(-c2cc(C(=O)N3CCCC(C)C3)[nH]c(=O)n2)cc1. The molecule has 1 fully saturated rings. The Morgan fingerprint density at radius 3 is 2.74 bits per heavy atom. The number of nitrogens with one attached hydrogen (secondary N) is 1. The van der Waals surface area contributed by atoms with Crippen LogP contribution in [-0.4, -0.2) is 33.9 Å². The fraction of sp³-hybridized carbons (Fsp3) is 0.389. The fourth-order valence-corrected chi connectivity index (χ4v) is 2.99. The first kappa shape index (κ1) is 15.5. The van der Waals surface area contributed by atoms with Crippen LogP contribution in [0, 0.1) is 12.8 Å². The summed E-state index contributed by atoms with van der Waals surface area (Å²) in [4.78, 5) is 32.9. The number of nitrogens with zero attached hydrogens (tertiary/aromatic N) is 2. The largest absolute Gasteiger partial charge is 0.346 e. The Hall–Kier alpha value is -2.43. The molecule has 1 aromatic carbocycles. The Kier molecular flexibility index (Phi) is 4.28. The van der Waals surface area contributed by atoms with E-state index < -0.39 is 5.69 Å². The van der Waals surface area contributed by atoms with E-state index in [1.54, 1.807) is 6.07 Å². The average Bonchev–Trinajstić information content (AvgIpc) is 2.54. The second-order valence-corrected chi connectivity index (χ2v) is 6.35. The second kappa shape index (κ2) is 6.36. The fourth-order valence-electron chi connectivity index (χ4n) is 2.99. The summed E-state index contributed by atoms with van der Waals surface area (Å²) in [5.74, 6) is 0.377. The molecule has 2 heterocycles. The highest BCUT2D eigenvalue weighted by Crippen LogP contribution is 2.20. The Labute approximate surface area is 135 Å². The van der Waals surface area contributed by atoms with Gasteiger partial charge in [0.1, 0.15) is 5.69 Å². The molecule has 0 saturated carbocycles. The maximum atomic E-state index is 12.7. The third kappa shape index (κ3) is 3.50. The van der Waals surface area contributed by atoms with Gasteiger partial charge in [0.05, 0.1) is 5.69 Å². The second-order valence-electron chi connectivity index (χ2n) is 6.35. The molecule has 1 aromatic heterocycles. The molecule has 1 amide bonds. The van der Waals surface area contributed by atoms with E-state index in [-0.39, 0.29) is 5.91 Å². The number of H-pyrrole nitrogens is 1. The Bertz CT molecular complexity index is 765. The zero-order chi connectivity index (χ0) is 16.4. The van der Waals surface area contributed by atoms with Crippen LogP contribution in [0.3, 0.4) is 0 Å². The monoisotopic (exact) mass is 311 g/mol. The molecule has 1 aliphatic heterocycles.